The summed E-state index contributed by atoms with van der Waals surface area (Å²) in [7, 11) is -3.78. The van der Waals surface area contributed by atoms with E-state index in [0.717, 1.165) is 6.66 Å². The van der Waals surface area contributed by atoms with Crippen LogP contribution in [0.15, 0.2) is 0 Å². The fourth-order valence-electron chi connectivity index (χ4n) is 0.515. The Labute approximate surface area is 88.1 Å². The molecule has 0 rings (SSSR count). The predicted octanol–water partition coefficient (Wildman–Crippen LogP) is -3.81. The second-order valence-corrected chi connectivity index (χ2v) is 4.95. The Kier molecular flexibility index (Phi) is 6.65. The van der Waals surface area contributed by atoms with Gasteiger partial charge in [-0.1, -0.05) is 6.92 Å². The Bertz CT molecular complexity index is 245. The van der Waals surface area contributed by atoms with E-state index in [9.17, 15) is 19.3 Å². The molecule has 0 aromatic heterocycles. The maximum Gasteiger partial charge on any atom is 1.00 e. The minimum atomic E-state index is -3.78. The minimum Gasteiger partial charge on any atom is -0.550 e. The molecule has 0 aliphatic heterocycles. The number of hydrogen-bond donors (Lipinski definition) is 1. The molecular formula is C6H10LiO5P. The van der Waals surface area contributed by atoms with Gasteiger partial charge in [-0.2, -0.15) is 0 Å². The number of carbonyl (C=O) groups is 2. The van der Waals surface area contributed by atoms with Crippen molar-refractivity contribution in [3.8, 4) is 0 Å². The van der Waals surface area contributed by atoms with Gasteiger partial charge < -0.3 is 14.8 Å². The molecule has 0 saturated heterocycles. The van der Waals surface area contributed by atoms with E-state index in [1.165, 1.54) is 6.92 Å². The number of carboxylic acids is 1. The molecule has 70 valence electrons. The zero-order valence-electron chi connectivity index (χ0n) is 7.81. The maximum atomic E-state index is 10.8. The first-order chi connectivity index (χ1) is 5.25. The van der Waals surface area contributed by atoms with Crippen LogP contribution in [0, 0.1) is 5.92 Å². The molecule has 5 nitrogen and oxygen atoms in total. The van der Waals surface area contributed by atoms with E-state index in [1.54, 1.807) is 0 Å². The minimum absolute atomic E-state index is 0. The van der Waals surface area contributed by atoms with Gasteiger partial charge in [-0.3, -0.25) is 9.36 Å². The van der Waals surface area contributed by atoms with Crippen LogP contribution in [-0.2, 0) is 14.2 Å². The topological polar surface area (TPSA) is 94.5 Å². The van der Waals surface area contributed by atoms with Crippen molar-refractivity contribution in [3.63, 3.8) is 0 Å². The van der Waals surface area contributed by atoms with Crippen LogP contribution in [-0.4, -0.2) is 23.1 Å². The summed E-state index contributed by atoms with van der Waals surface area (Å²) in [5.41, 5.74) is -0.931. The molecule has 2 atom stereocenters. The van der Waals surface area contributed by atoms with Gasteiger partial charge in [-0.25, -0.2) is 0 Å². The van der Waals surface area contributed by atoms with Crippen molar-refractivity contribution in [1.82, 2.24) is 0 Å². The summed E-state index contributed by atoms with van der Waals surface area (Å²) in [4.78, 5) is 29.6. The van der Waals surface area contributed by atoms with E-state index in [4.69, 9.17) is 4.89 Å². The third-order valence-corrected chi connectivity index (χ3v) is 2.45. The molecule has 0 radical (unpaired) electrons. The molecule has 0 bridgehead atoms. The van der Waals surface area contributed by atoms with Gasteiger partial charge in [0.05, 0.1) is 0 Å². The summed E-state index contributed by atoms with van der Waals surface area (Å²) in [5.74, 6) is -2.41. The van der Waals surface area contributed by atoms with Crippen LogP contribution in [0.4, 0.5) is 0 Å². The van der Waals surface area contributed by atoms with Crippen LogP contribution in [0.25, 0.3) is 0 Å². The number of carboxylic acid groups (broad SMARTS) is 1. The summed E-state index contributed by atoms with van der Waals surface area (Å²) in [5, 5.41) is 10.1. The number of rotatable bonds is 4. The Morgan fingerprint density at radius 1 is 1.54 bits per heavy atom. The quantitative estimate of drug-likeness (QED) is 0.371. The molecule has 1 N–H and O–H groups in total. The van der Waals surface area contributed by atoms with Gasteiger partial charge in [0.2, 0.25) is 5.52 Å². The first kappa shape index (κ1) is 15.4. The van der Waals surface area contributed by atoms with Crippen molar-refractivity contribution in [2.45, 2.75) is 13.3 Å². The third kappa shape index (κ3) is 6.06. The van der Waals surface area contributed by atoms with Crippen LogP contribution in [0.3, 0.4) is 0 Å². The smallest absolute Gasteiger partial charge is 0.550 e. The largest absolute Gasteiger partial charge is 1.00 e. The molecular weight excluding hydrogens is 190 g/mol. The van der Waals surface area contributed by atoms with Crippen molar-refractivity contribution >= 4 is 18.9 Å². The summed E-state index contributed by atoms with van der Waals surface area (Å²) < 4.78 is 10.7. The van der Waals surface area contributed by atoms with Gasteiger partial charge in [0.15, 0.2) is 0 Å². The second kappa shape index (κ2) is 5.61. The molecule has 0 heterocycles. The van der Waals surface area contributed by atoms with E-state index in [1.807, 2.05) is 0 Å². The Hall–Kier alpha value is -0.0726. The molecule has 7 heteroatoms. The molecule has 0 amide bonds. The van der Waals surface area contributed by atoms with E-state index >= 15 is 0 Å². The van der Waals surface area contributed by atoms with E-state index in [2.05, 4.69) is 0 Å². The molecule has 0 aliphatic carbocycles. The van der Waals surface area contributed by atoms with E-state index in [0.29, 0.717) is 0 Å². The van der Waals surface area contributed by atoms with Crippen molar-refractivity contribution in [1.29, 1.82) is 0 Å². The zero-order chi connectivity index (χ0) is 9.94. The average molecular weight is 200 g/mol. The van der Waals surface area contributed by atoms with Crippen LogP contribution in [0.2, 0.25) is 0 Å². The normalized spacial score (nSPS) is 16.5. The molecule has 13 heavy (non-hydrogen) atoms. The summed E-state index contributed by atoms with van der Waals surface area (Å²) >= 11 is 0. The zero-order valence-corrected chi connectivity index (χ0v) is 8.71. The molecule has 0 aromatic carbocycles. The van der Waals surface area contributed by atoms with E-state index in [-0.39, 0.29) is 18.9 Å². The number of carbonyl (C=O) groups excluding carboxylic acids is 2. The SMILES string of the molecule is CC(CC(=O)P(C)(=O)O)C(=O)[O-].[Li+]. The first-order valence-electron chi connectivity index (χ1n) is 3.29. The summed E-state index contributed by atoms with van der Waals surface area (Å²) in [6.07, 6.45) is -0.452. The molecule has 0 aliphatic rings. The van der Waals surface area contributed by atoms with Gasteiger partial charge in [0.25, 0.3) is 7.37 Å². The Morgan fingerprint density at radius 3 is 2.15 bits per heavy atom. The average Bonchev–Trinajstić information content (AvgIpc) is 1.85. The van der Waals surface area contributed by atoms with E-state index < -0.39 is 31.2 Å². The van der Waals surface area contributed by atoms with Crippen LogP contribution in [0.1, 0.15) is 13.3 Å². The molecule has 0 saturated carbocycles. The Balaban J connectivity index is 0. The fourth-order valence-corrected chi connectivity index (χ4v) is 1.13. The standard InChI is InChI=1S/C6H11O5P.Li/c1-4(6(8)9)3-5(7)12(2,10)11;/h4H,3H2,1-2H3,(H,8,9)(H,10,11);/q;+1/p-1. The van der Waals surface area contributed by atoms with Crippen molar-refractivity contribution < 1.29 is 43.0 Å². The second-order valence-electron chi connectivity index (χ2n) is 2.70. The number of hydrogen-bond acceptors (Lipinski definition) is 4. The fraction of sp³-hybridized carbons (Fsp3) is 0.667. The first-order valence-corrected chi connectivity index (χ1v) is 5.40. The van der Waals surface area contributed by atoms with Gasteiger partial charge in [0, 0.05) is 25.0 Å². The van der Waals surface area contributed by atoms with Gasteiger partial charge in [-0.15, -0.1) is 0 Å². The predicted molar refractivity (Wildman–Crippen MR) is 39.5 cm³/mol. The van der Waals surface area contributed by atoms with Crippen LogP contribution >= 0.6 is 7.37 Å². The van der Waals surface area contributed by atoms with Crippen molar-refractivity contribution in [2.75, 3.05) is 6.66 Å². The molecule has 2 unspecified atom stereocenters. The third-order valence-electron chi connectivity index (χ3n) is 1.35. The van der Waals surface area contributed by atoms with Gasteiger partial charge >= 0.3 is 18.9 Å². The van der Waals surface area contributed by atoms with Crippen LogP contribution in [0.5, 0.6) is 0 Å². The van der Waals surface area contributed by atoms with Crippen molar-refractivity contribution in [3.05, 3.63) is 0 Å². The Morgan fingerprint density at radius 2 is 1.92 bits per heavy atom. The van der Waals surface area contributed by atoms with Crippen LogP contribution < -0.4 is 24.0 Å². The van der Waals surface area contributed by atoms with Crippen molar-refractivity contribution in [2.24, 2.45) is 5.92 Å². The van der Waals surface area contributed by atoms with Gasteiger partial charge in [-0.05, 0) is 0 Å². The maximum absolute atomic E-state index is 10.8. The van der Waals surface area contributed by atoms with Gasteiger partial charge in [0.1, 0.15) is 0 Å². The summed E-state index contributed by atoms with van der Waals surface area (Å²) in [6.45, 7) is 2.14. The molecule has 0 aromatic rings. The summed E-state index contributed by atoms with van der Waals surface area (Å²) in [6, 6.07) is 0. The molecule has 0 fully saturated rings. The molecule has 0 spiro atoms. The monoisotopic (exact) mass is 200 g/mol. The number of aliphatic carboxylic acids is 1.